The van der Waals surface area contributed by atoms with Crippen LogP contribution in [0.5, 0.6) is 0 Å². The quantitative estimate of drug-likeness (QED) is 0.482. The molecule has 2 bridgehead atoms. The molecular weight excluding hydrogens is 378 g/mol. The monoisotopic (exact) mass is 405 g/mol. The molecule has 8 heteroatoms. The number of hydrogen-bond donors (Lipinski definition) is 3. The maximum Gasteiger partial charge on any atom is 0.328 e. The van der Waals surface area contributed by atoms with Crippen LogP contribution in [0.1, 0.15) is 37.2 Å². The van der Waals surface area contributed by atoms with Gasteiger partial charge < -0.3 is 25.0 Å². The minimum atomic E-state index is -1.26. The van der Waals surface area contributed by atoms with Gasteiger partial charge in [-0.3, -0.25) is 4.79 Å². The van der Waals surface area contributed by atoms with Crippen LogP contribution in [0.15, 0.2) is 42.5 Å². The fraction of sp³-hybridized carbons (Fsp3) is 0.476. The number of piperidine rings is 1. The lowest BCUT2D eigenvalue weighted by atomic mass is 9.98. The molecule has 0 amide bonds. The van der Waals surface area contributed by atoms with Gasteiger partial charge >= 0.3 is 17.9 Å². The molecule has 2 aliphatic heterocycles. The summed E-state index contributed by atoms with van der Waals surface area (Å²) in [5.74, 6) is -3.37. The molecule has 2 aliphatic rings. The first-order chi connectivity index (χ1) is 13.8. The van der Waals surface area contributed by atoms with Gasteiger partial charge in [-0.2, -0.15) is 0 Å². The summed E-state index contributed by atoms with van der Waals surface area (Å²) in [6, 6.07) is 10.5. The summed E-state index contributed by atoms with van der Waals surface area (Å²) in [6.07, 6.45) is 5.38. The summed E-state index contributed by atoms with van der Waals surface area (Å²) in [5.41, 5.74) is 0.820. The van der Waals surface area contributed by atoms with Crippen LogP contribution in [-0.4, -0.2) is 70.0 Å². The van der Waals surface area contributed by atoms with Crippen molar-refractivity contribution in [2.24, 2.45) is 0 Å². The first kappa shape index (κ1) is 22.6. The average molecular weight is 405 g/mol. The molecule has 3 N–H and O–H groups in total. The van der Waals surface area contributed by atoms with E-state index < -0.39 is 17.9 Å². The highest BCUT2D eigenvalue weighted by atomic mass is 16.5. The number of hydrogen-bond acceptors (Lipinski definition) is 6. The topological polar surface area (TPSA) is 124 Å². The maximum absolute atomic E-state index is 12.4. The predicted molar refractivity (Wildman–Crippen MR) is 104 cm³/mol. The number of benzene rings is 1. The molecule has 2 fully saturated rings. The van der Waals surface area contributed by atoms with Gasteiger partial charge in [0.1, 0.15) is 12.0 Å². The number of carboxylic acids is 2. The second-order valence-corrected chi connectivity index (χ2v) is 7.24. The molecule has 0 radical (unpaired) electrons. The van der Waals surface area contributed by atoms with Crippen molar-refractivity contribution >= 4 is 17.9 Å². The van der Waals surface area contributed by atoms with E-state index in [1.54, 1.807) is 0 Å². The molecular formula is C21H27NO7. The molecule has 2 unspecified atom stereocenters. The Kier molecular flexibility index (Phi) is 8.35. The summed E-state index contributed by atoms with van der Waals surface area (Å²) in [4.78, 5) is 33.9. The number of fused-ring (bicyclic) bond motifs is 2. The molecule has 2 saturated heterocycles. The van der Waals surface area contributed by atoms with Crippen molar-refractivity contribution < 1.29 is 34.4 Å². The van der Waals surface area contributed by atoms with Crippen LogP contribution >= 0.6 is 0 Å². The molecule has 0 spiro atoms. The molecule has 29 heavy (non-hydrogen) atoms. The minimum Gasteiger partial charge on any atom is -0.478 e. The molecule has 3 rings (SSSR count). The van der Waals surface area contributed by atoms with Crippen LogP contribution < -0.4 is 0 Å². The normalized spacial score (nSPS) is 24.4. The van der Waals surface area contributed by atoms with Crippen LogP contribution in [0.4, 0.5) is 0 Å². The van der Waals surface area contributed by atoms with Gasteiger partial charge in [-0.25, -0.2) is 9.59 Å². The number of rotatable bonds is 6. The Labute approximate surface area is 169 Å². The second kappa shape index (κ2) is 10.7. The Hall–Kier alpha value is -2.71. The number of aliphatic hydroxyl groups is 1. The number of nitrogens with zero attached hydrogens (tertiary/aromatic N) is 1. The molecule has 158 valence electrons. The Morgan fingerprint density at radius 2 is 1.59 bits per heavy atom. The molecule has 2 heterocycles. The minimum absolute atomic E-state index is 0.00367. The van der Waals surface area contributed by atoms with Crippen LogP contribution in [0.25, 0.3) is 0 Å². The van der Waals surface area contributed by atoms with Gasteiger partial charge in [0.15, 0.2) is 0 Å². The summed E-state index contributed by atoms with van der Waals surface area (Å²) in [5, 5.41) is 25.2. The number of carboxylic acid groups (broad SMARTS) is 2. The highest BCUT2D eigenvalue weighted by Crippen LogP contribution is 2.36. The number of esters is 1. The standard InChI is InChI=1S/C17H23NO3.C4H4O4/c1-18-13-7-8-14(18)10-15(9-13)21-17(20)16(11-19)12-5-3-2-4-6-12;5-3(6)1-2-4(7)8/h2-6,13-16,19H,7-11H2,1H3;1-2H,(H,5,6)(H,7,8)/b;2-1-/t13-,14+,15?,16?;. The maximum atomic E-state index is 12.4. The van der Waals surface area contributed by atoms with E-state index in [1.165, 1.54) is 12.8 Å². The van der Waals surface area contributed by atoms with Crippen molar-refractivity contribution in [1.82, 2.24) is 4.90 Å². The fourth-order valence-electron chi connectivity index (χ4n) is 3.85. The zero-order valence-electron chi connectivity index (χ0n) is 16.3. The van der Waals surface area contributed by atoms with E-state index in [4.69, 9.17) is 14.9 Å². The third-order valence-corrected chi connectivity index (χ3v) is 5.38. The molecule has 0 aliphatic carbocycles. The molecule has 1 aromatic rings. The lowest BCUT2D eigenvalue weighted by Gasteiger charge is -2.36. The van der Waals surface area contributed by atoms with Gasteiger partial charge in [-0.1, -0.05) is 30.3 Å². The summed E-state index contributed by atoms with van der Waals surface area (Å²) in [6.45, 7) is -0.206. The van der Waals surface area contributed by atoms with Crippen molar-refractivity contribution in [3.63, 3.8) is 0 Å². The van der Waals surface area contributed by atoms with E-state index in [9.17, 15) is 19.5 Å². The number of aliphatic carboxylic acids is 2. The van der Waals surface area contributed by atoms with E-state index in [-0.39, 0.29) is 18.7 Å². The lowest BCUT2D eigenvalue weighted by Crippen LogP contribution is -2.43. The molecule has 1 aromatic carbocycles. The smallest absolute Gasteiger partial charge is 0.328 e. The van der Waals surface area contributed by atoms with Gasteiger partial charge in [0.25, 0.3) is 0 Å². The Morgan fingerprint density at radius 1 is 1.07 bits per heavy atom. The second-order valence-electron chi connectivity index (χ2n) is 7.24. The number of carbonyl (C=O) groups is 3. The Morgan fingerprint density at radius 3 is 2.03 bits per heavy atom. The van der Waals surface area contributed by atoms with E-state index >= 15 is 0 Å². The third kappa shape index (κ3) is 6.69. The van der Waals surface area contributed by atoms with Crippen LogP contribution in [0.2, 0.25) is 0 Å². The van der Waals surface area contributed by atoms with Gasteiger partial charge in [0, 0.05) is 24.2 Å². The zero-order valence-corrected chi connectivity index (χ0v) is 16.3. The van der Waals surface area contributed by atoms with Crippen molar-refractivity contribution in [2.75, 3.05) is 13.7 Å². The highest BCUT2D eigenvalue weighted by molar-refractivity contribution is 5.89. The Bertz CT molecular complexity index is 704. The molecule has 0 aromatic heterocycles. The van der Waals surface area contributed by atoms with Gasteiger partial charge in [0.05, 0.1) is 6.61 Å². The number of ether oxygens (including phenoxy) is 1. The first-order valence-electron chi connectivity index (χ1n) is 9.54. The summed E-state index contributed by atoms with van der Waals surface area (Å²) < 4.78 is 5.70. The first-order valence-corrected chi connectivity index (χ1v) is 9.54. The summed E-state index contributed by atoms with van der Waals surface area (Å²) in [7, 11) is 2.17. The van der Waals surface area contributed by atoms with E-state index in [2.05, 4.69) is 11.9 Å². The number of aliphatic hydroxyl groups excluding tert-OH is 1. The molecule has 4 atom stereocenters. The van der Waals surface area contributed by atoms with Gasteiger partial charge in [0.2, 0.25) is 0 Å². The molecule has 8 nitrogen and oxygen atoms in total. The zero-order chi connectivity index (χ0) is 21.4. The van der Waals surface area contributed by atoms with Crippen LogP contribution in [0.3, 0.4) is 0 Å². The number of carbonyl (C=O) groups excluding carboxylic acids is 1. The van der Waals surface area contributed by atoms with E-state index in [0.29, 0.717) is 24.2 Å². The van der Waals surface area contributed by atoms with Gasteiger partial charge in [-0.05, 0) is 38.3 Å². The third-order valence-electron chi connectivity index (χ3n) is 5.38. The summed E-state index contributed by atoms with van der Waals surface area (Å²) >= 11 is 0. The van der Waals surface area contributed by atoms with E-state index in [0.717, 1.165) is 18.4 Å². The van der Waals surface area contributed by atoms with E-state index in [1.807, 2.05) is 30.3 Å². The highest BCUT2D eigenvalue weighted by Gasteiger charge is 2.40. The Balaban J connectivity index is 0.000000321. The van der Waals surface area contributed by atoms with Crippen molar-refractivity contribution in [3.8, 4) is 0 Å². The SMILES string of the molecule is CN1[C@@H]2CC[C@H]1CC(OC(=O)C(CO)c1ccccc1)C2.O=C(O)/C=C\C(=O)O. The van der Waals surface area contributed by atoms with Crippen molar-refractivity contribution in [1.29, 1.82) is 0 Å². The average Bonchev–Trinajstić information content (AvgIpc) is 2.89. The fourth-order valence-corrected chi connectivity index (χ4v) is 3.85. The van der Waals surface area contributed by atoms with Crippen molar-refractivity contribution in [3.05, 3.63) is 48.0 Å². The predicted octanol–water partition coefficient (Wildman–Crippen LogP) is 1.64. The van der Waals surface area contributed by atoms with Crippen LogP contribution in [0, 0.1) is 0 Å². The largest absolute Gasteiger partial charge is 0.478 e. The van der Waals surface area contributed by atoms with Gasteiger partial charge in [-0.15, -0.1) is 0 Å². The molecule has 0 saturated carbocycles. The van der Waals surface area contributed by atoms with Crippen molar-refractivity contribution in [2.45, 2.75) is 49.8 Å². The van der Waals surface area contributed by atoms with Crippen LogP contribution in [-0.2, 0) is 19.1 Å². The lowest BCUT2D eigenvalue weighted by molar-refractivity contribution is -0.155.